The highest BCUT2D eigenvalue weighted by Gasteiger charge is 2.38. The van der Waals surface area contributed by atoms with E-state index in [1.165, 1.54) is 67.8 Å². The number of nitrogens with zero attached hydrogens (tertiary/aromatic N) is 3. The molecular formula is C17H25N3O4S2. The van der Waals surface area contributed by atoms with E-state index in [9.17, 15) is 0 Å². The number of thioether (sulfide) groups is 1. The maximum Gasteiger partial charge on any atom is 0.414 e. The normalized spacial score (nSPS) is 23.8. The number of hydrogen-bond donors (Lipinski definition) is 2. The van der Waals surface area contributed by atoms with Crippen molar-refractivity contribution >= 4 is 35.4 Å². The van der Waals surface area contributed by atoms with Crippen molar-refractivity contribution in [2.45, 2.75) is 43.0 Å². The van der Waals surface area contributed by atoms with Crippen LogP contribution < -0.4 is 0 Å². The topological polar surface area (TPSA) is 104 Å². The van der Waals surface area contributed by atoms with Crippen LogP contribution in [0.3, 0.4) is 0 Å². The fourth-order valence-corrected chi connectivity index (χ4v) is 5.17. The van der Waals surface area contributed by atoms with E-state index < -0.39 is 11.9 Å². The second kappa shape index (κ2) is 10.6. The molecule has 2 fully saturated rings. The van der Waals surface area contributed by atoms with E-state index in [1.807, 2.05) is 17.8 Å². The number of carboxylic acid groups (broad SMARTS) is 2. The van der Waals surface area contributed by atoms with Gasteiger partial charge in [-0.15, -0.1) is 18.3 Å². The zero-order valence-corrected chi connectivity index (χ0v) is 16.3. The first-order valence-electron chi connectivity index (χ1n) is 8.77. The molecule has 1 aromatic heterocycles. The Bertz CT molecular complexity index is 611. The van der Waals surface area contributed by atoms with E-state index in [0.717, 1.165) is 18.1 Å². The Labute approximate surface area is 161 Å². The van der Waals surface area contributed by atoms with Crippen LogP contribution in [0.2, 0.25) is 0 Å². The zero-order valence-electron chi connectivity index (χ0n) is 14.7. The Morgan fingerprint density at radius 2 is 2.04 bits per heavy atom. The van der Waals surface area contributed by atoms with E-state index in [0.29, 0.717) is 5.92 Å². The van der Waals surface area contributed by atoms with Crippen molar-refractivity contribution < 1.29 is 19.8 Å². The monoisotopic (exact) mass is 399 g/mol. The van der Waals surface area contributed by atoms with Crippen LogP contribution in [0.4, 0.5) is 0 Å². The quantitative estimate of drug-likeness (QED) is 0.312. The van der Waals surface area contributed by atoms with Crippen molar-refractivity contribution in [1.29, 1.82) is 0 Å². The highest BCUT2D eigenvalue weighted by Crippen LogP contribution is 2.41. The van der Waals surface area contributed by atoms with Gasteiger partial charge < -0.3 is 15.1 Å². The van der Waals surface area contributed by atoms with Gasteiger partial charge in [-0.25, -0.2) is 9.59 Å². The molecule has 0 amide bonds. The molecule has 3 rings (SSSR count). The molecule has 144 valence electrons. The van der Waals surface area contributed by atoms with Crippen molar-refractivity contribution in [3.05, 3.63) is 18.3 Å². The van der Waals surface area contributed by atoms with Crippen molar-refractivity contribution in [1.82, 2.24) is 13.6 Å². The Balaban J connectivity index is 0.000000352. The molecule has 0 radical (unpaired) electrons. The van der Waals surface area contributed by atoms with Crippen LogP contribution >= 0.6 is 23.5 Å². The molecule has 2 saturated heterocycles. The highest BCUT2D eigenvalue weighted by atomic mass is 32.2. The molecule has 0 saturated carbocycles. The summed E-state index contributed by atoms with van der Waals surface area (Å²) in [5.74, 6) is -1.02. The molecule has 0 aromatic carbocycles. The van der Waals surface area contributed by atoms with Crippen LogP contribution in [0.15, 0.2) is 17.7 Å². The summed E-state index contributed by atoms with van der Waals surface area (Å²) in [7, 11) is 0. The van der Waals surface area contributed by atoms with Crippen LogP contribution in [0.25, 0.3) is 0 Å². The predicted molar refractivity (Wildman–Crippen MR) is 102 cm³/mol. The van der Waals surface area contributed by atoms with Crippen LogP contribution in [0, 0.1) is 5.92 Å². The largest absolute Gasteiger partial charge is 0.473 e. The number of unbranched alkanes of at least 4 members (excludes halogenated alkanes) is 2. The van der Waals surface area contributed by atoms with Crippen molar-refractivity contribution in [3.63, 3.8) is 0 Å². The predicted octanol–water partition coefficient (Wildman–Crippen LogP) is 2.95. The lowest BCUT2D eigenvalue weighted by Crippen LogP contribution is -2.25. The molecule has 2 aliphatic heterocycles. The van der Waals surface area contributed by atoms with Crippen molar-refractivity contribution in [3.8, 4) is 0 Å². The van der Waals surface area contributed by atoms with Crippen molar-refractivity contribution in [2.24, 2.45) is 5.92 Å². The van der Waals surface area contributed by atoms with E-state index in [4.69, 9.17) is 19.8 Å². The summed E-state index contributed by atoms with van der Waals surface area (Å²) in [6.45, 7) is 7.55. The van der Waals surface area contributed by atoms with Gasteiger partial charge in [-0.3, -0.25) is 0 Å². The van der Waals surface area contributed by atoms with Gasteiger partial charge in [-0.1, -0.05) is 6.08 Å². The molecule has 3 atom stereocenters. The third-order valence-corrected chi connectivity index (χ3v) is 6.35. The average Bonchev–Trinajstić information content (AvgIpc) is 3.19. The molecule has 2 N–H and O–H groups in total. The fraction of sp³-hybridized carbons (Fsp3) is 0.647. The standard InChI is InChI=1S/C15H23N3S2.C2H2O4/c1-2-3-4-5-9-19-15-14(16-20-17-15)13-11-18-8-6-7-12(13)10-18;3-1(4)2(5)6/h2,12-13H,1,3-11H2;(H,3,4)(H,5,6). The van der Waals surface area contributed by atoms with Gasteiger partial charge in [0.1, 0.15) is 5.03 Å². The average molecular weight is 400 g/mol. The maximum atomic E-state index is 9.10. The van der Waals surface area contributed by atoms with Crippen LogP contribution in [-0.4, -0.2) is 61.2 Å². The number of carbonyl (C=O) groups is 2. The van der Waals surface area contributed by atoms with Gasteiger partial charge in [-0.05, 0) is 50.3 Å². The maximum absolute atomic E-state index is 9.10. The Hall–Kier alpha value is -1.45. The van der Waals surface area contributed by atoms with Gasteiger partial charge >= 0.3 is 11.9 Å². The second-order valence-electron chi connectivity index (χ2n) is 6.47. The number of rotatable bonds is 7. The molecule has 9 heteroatoms. The molecule has 26 heavy (non-hydrogen) atoms. The number of fused-ring (bicyclic) bond motifs is 2. The summed E-state index contributed by atoms with van der Waals surface area (Å²) in [5, 5.41) is 16.0. The first kappa shape index (κ1) is 20.9. The van der Waals surface area contributed by atoms with Gasteiger partial charge in [0.25, 0.3) is 0 Å². The lowest BCUT2D eigenvalue weighted by molar-refractivity contribution is -0.159. The lowest BCUT2D eigenvalue weighted by atomic mass is 9.89. The summed E-state index contributed by atoms with van der Waals surface area (Å²) in [6, 6.07) is 0. The molecule has 7 nitrogen and oxygen atoms in total. The highest BCUT2D eigenvalue weighted by molar-refractivity contribution is 7.99. The molecule has 3 unspecified atom stereocenters. The number of hydrogen-bond acceptors (Lipinski definition) is 7. The SMILES string of the molecule is C=CCCCCSc1nsnc1C1CN2CCCC1C2.O=C(O)C(=O)O. The van der Waals surface area contributed by atoms with Gasteiger partial charge in [-0.2, -0.15) is 8.75 Å². The van der Waals surface area contributed by atoms with Crippen LogP contribution in [-0.2, 0) is 9.59 Å². The Morgan fingerprint density at radius 1 is 1.27 bits per heavy atom. The summed E-state index contributed by atoms with van der Waals surface area (Å²) in [5.41, 5.74) is 1.30. The molecule has 1 aromatic rings. The fourth-order valence-electron chi connectivity index (χ4n) is 3.40. The number of carboxylic acids is 2. The lowest BCUT2D eigenvalue weighted by Gasteiger charge is -2.21. The number of allylic oxidation sites excluding steroid dienone is 1. The van der Waals surface area contributed by atoms with E-state index in [1.54, 1.807) is 0 Å². The molecule has 3 heterocycles. The van der Waals surface area contributed by atoms with Crippen LogP contribution in [0.5, 0.6) is 0 Å². The summed E-state index contributed by atoms with van der Waals surface area (Å²) >= 11 is 3.31. The van der Waals surface area contributed by atoms with Gasteiger partial charge in [0.2, 0.25) is 0 Å². The molecular weight excluding hydrogens is 374 g/mol. The van der Waals surface area contributed by atoms with E-state index >= 15 is 0 Å². The Kier molecular flexibility index (Phi) is 8.53. The second-order valence-corrected chi connectivity index (χ2v) is 8.08. The molecule has 2 bridgehead atoms. The van der Waals surface area contributed by atoms with Gasteiger partial charge in [0.05, 0.1) is 17.4 Å². The van der Waals surface area contributed by atoms with Gasteiger partial charge in [0.15, 0.2) is 0 Å². The molecule has 2 aliphatic rings. The summed E-state index contributed by atoms with van der Waals surface area (Å²) < 4.78 is 9.19. The molecule has 0 aliphatic carbocycles. The van der Waals surface area contributed by atoms with Gasteiger partial charge in [0, 0.05) is 19.0 Å². The zero-order chi connectivity index (χ0) is 18.9. The minimum Gasteiger partial charge on any atom is -0.473 e. The number of aromatic nitrogens is 2. The van der Waals surface area contributed by atoms with E-state index in [2.05, 4.69) is 20.2 Å². The number of aliphatic carboxylic acids is 2. The Morgan fingerprint density at radius 3 is 2.69 bits per heavy atom. The number of piperidine rings is 1. The van der Waals surface area contributed by atoms with E-state index in [-0.39, 0.29) is 0 Å². The van der Waals surface area contributed by atoms with Crippen molar-refractivity contribution in [2.75, 3.05) is 25.4 Å². The summed E-state index contributed by atoms with van der Waals surface area (Å²) in [6.07, 6.45) is 8.36. The van der Waals surface area contributed by atoms with Crippen LogP contribution in [0.1, 0.15) is 43.7 Å². The minimum atomic E-state index is -1.82. The first-order valence-corrected chi connectivity index (χ1v) is 10.5. The smallest absolute Gasteiger partial charge is 0.414 e. The third kappa shape index (κ3) is 6.07. The molecule has 0 spiro atoms. The first-order chi connectivity index (χ1) is 12.5. The minimum absolute atomic E-state index is 0.645. The summed E-state index contributed by atoms with van der Waals surface area (Å²) in [4.78, 5) is 20.8. The third-order valence-electron chi connectivity index (χ3n) is 4.62.